The van der Waals surface area contributed by atoms with Crippen LogP contribution in [0.15, 0.2) is 36.5 Å². The molecule has 0 bridgehead atoms. The Labute approximate surface area is 141 Å². The zero-order valence-corrected chi connectivity index (χ0v) is 13.8. The van der Waals surface area contributed by atoms with E-state index >= 15 is 0 Å². The van der Waals surface area contributed by atoms with Gasteiger partial charge < -0.3 is 15.4 Å². The number of carbonyl (C=O) groups excluding carboxylic acids is 1. The van der Waals surface area contributed by atoms with Gasteiger partial charge in [-0.05, 0) is 49.7 Å². The predicted molar refractivity (Wildman–Crippen MR) is 90.7 cm³/mol. The van der Waals surface area contributed by atoms with Gasteiger partial charge in [-0.1, -0.05) is 0 Å². The summed E-state index contributed by atoms with van der Waals surface area (Å²) in [5.41, 5.74) is 1.32. The van der Waals surface area contributed by atoms with Crippen LogP contribution in [0.4, 0.5) is 0 Å². The molecule has 0 radical (unpaired) electrons. The number of methoxy groups -OCH3 is 1. The number of nitrogens with zero attached hydrogens (tertiary/aromatic N) is 2. The van der Waals surface area contributed by atoms with Crippen LogP contribution in [0.5, 0.6) is 5.75 Å². The zero-order chi connectivity index (χ0) is 15.4. The Morgan fingerprint density at radius 2 is 2.13 bits per heavy atom. The molecule has 1 aliphatic heterocycles. The van der Waals surface area contributed by atoms with Gasteiger partial charge in [0.05, 0.1) is 12.8 Å². The lowest BCUT2D eigenvalue weighted by Crippen LogP contribution is -2.45. The molecule has 0 unspecified atom stereocenters. The highest BCUT2D eigenvalue weighted by Crippen LogP contribution is 2.14. The highest BCUT2D eigenvalue weighted by atomic mass is 35.5. The van der Waals surface area contributed by atoms with E-state index in [9.17, 15) is 4.79 Å². The minimum Gasteiger partial charge on any atom is -0.497 e. The van der Waals surface area contributed by atoms with Crippen molar-refractivity contribution in [1.29, 1.82) is 0 Å². The molecule has 1 amide bonds. The van der Waals surface area contributed by atoms with E-state index in [4.69, 9.17) is 4.74 Å². The van der Waals surface area contributed by atoms with Crippen LogP contribution >= 0.6 is 12.4 Å². The van der Waals surface area contributed by atoms with Gasteiger partial charge in [-0.2, -0.15) is 5.10 Å². The largest absolute Gasteiger partial charge is 0.497 e. The fourth-order valence-corrected chi connectivity index (χ4v) is 2.56. The summed E-state index contributed by atoms with van der Waals surface area (Å²) in [5, 5.41) is 10.6. The fraction of sp³-hybridized carbons (Fsp3) is 0.375. The molecular formula is C16H21ClN4O2. The van der Waals surface area contributed by atoms with Crippen molar-refractivity contribution in [2.24, 2.45) is 0 Å². The molecule has 0 aliphatic carbocycles. The number of halogens is 1. The van der Waals surface area contributed by atoms with E-state index in [0.717, 1.165) is 37.4 Å². The van der Waals surface area contributed by atoms with Gasteiger partial charge in [-0.25, -0.2) is 4.68 Å². The first-order chi connectivity index (χ1) is 10.8. The normalized spacial score (nSPS) is 17.2. The topological polar surface area (TPSA) is 68.2 Å². The molecule has 6 nitrogen and oxygen atoms in total. The Morgan fingerprint density at radius 3 is 2.78 bits per heavy atom. The number of aromatic nitrogens is 2. The molecule has 1 aromatic heterocycles. The van der Waals surface area contributed by atoms with Gasteiger partial charge in [0.15, 0.2) is 5.69 Å². The lowest BCUT2D eigenvalue weighted by Gasteiger charge is -2.23. The van der Waals surface area contributed by atoms with Gasteiger partial charge in [-0.15, -0.1) is 12.4 Å². The van der Waals surface area contributed by atoms with Crippen molar-refractivity contribution in [2.75, 3.05) is 20.2 Å². The van der Waals surface area contributed by atoms with Gasteiger partial charge in [-0.3, -0.25) is 4.79 Å². The molecule has 23 heavy (non-hydrogen) atoms. The fourth-order valence-electron chi connectivity index (χ4n) is 2.56. The lowest BCUT2D eigenvalue weighted by molar-refractivity contribution is 0.0925. The molecule has 1 atom stereocenters. The average molecular weight is 337 g/mol. The molecule has 1 aliphatic rings. The number of nitrogens with one attached hydrogen (secondary N) is 2. The van der Waals surface area contributed by atoms with Crippen molar-refractivity contribution >= 4 is 18.3 Å². The second-order valence-electron chi connectivity index (χ2n) is 5.36. The Balaban J connectivity index is 0.00000192. The molecule has 0 saturated carbocycles. The quantitative estimate of drug-likeness (QED) is 0.893. The Bertz CT molecular complexity index is 636. The van der Waals surface area contributed by atoms with Crippen molar-refractivity contribution in [3.63, 3.8) is 0 Å². The van der Waals surface area contributed by atoms with Crippen LogP contribution in [-0.4, -0.2) is 41.9 Å². The maximum atomic E-state index is 12.2. The molecule has 7 heteroatoms. The number of benzene rings is 1. The SMILES string of the molecule is COc1ccc(-n2ccc(C(=O)N[C@H]3CCCNC3)n2)cc1.Cl. The summed E-state index contributed by atoms with van der Waals surface area (Å²) in [6.45, 7) is 1.85. The van der Waals surface area contributed by atoms with Crippen LogP contribution in [0.3, 0.4) is 0 Å². The second-order valence-corrected chi connectivity index (χ2v) is 5.36. The van der Waals surface area contributed by atoms with Crippen LogP contribution in [0, 0.1) is 0 Å². The summed E-state index contributed by atoms with van der Waals surface area (Å²) < 4.78 is 6.82. The Morgan fingerprint density at radius 1 is 1.35 bits per heavy atom. The maximum Gasteiger partial charge on any atom is 0.272 e. The van der Waals surface area contributed by atoms with E-state index in [1.54, 1.807) is 24.1 Å². The number of piperidine rings is 1. The minimum atomic E-state index is -0.124. The van der Waals surface area contributed by atoms with Crippen LogP contribution < -0.4 is 15.4 Å². The van der Waals surface area contributed by atoms with Gasteiger partial charge in [0.1, 0.15) is 5.75 Å². The predicted octanol–water partition coefficient (Wildman–Crippen LogP) is 1.78. The van der Waals surface area contributed by atoms with Gasteiger partial charge in [0.25, 0.3) is 5.91 Å². The third kappa shape index (κ3) is 4.24. The summed E-state index contributed by atoms with van der Waals surface area (Å²) in [6.07, 6.45) is 3.89. The summed E-state index contributed by atoms with van der Waals surface area (Å²) in [7, 11) is 1.63. The smallest absolute Gasteiger partial charge is 0.272 e. The van der Waals surface area contributed by atoms with E-state index < -0.39 is 0 Å². The molecule has 2 heterocycles. The van der Waals surface area contributed by atoms with Gasteiger partial charge in [0, 0.05) is 18.8 Å². The third-order valence-electron chi connectivity index (χ3n) is 3.79. The molecule has 3 rings (SSSR count). The van der Waals surface area contributed by atoms with E-state index in [1.807, 2.05) is 24.3 Å². The van der Waals surface area contributed by atoms with E-state index in [2.05, 4.69) is 15.7 Å². The molecule has 1 fully saturated rings. The molecule has 0 spiro atoms. The van der Waals surface area contributed by atoms with E-state index in [1.165, 1.54) is 0 Å². The Hall–Kier alpha value is -2.05. The number of amides is 1. The third-order valence-corrected chi connectivity index (χ3v) is 3.79. The summed E-state index contributed by atoms with van der Waals surface area (Å²) in [6, 6.07) is 9.45. The number of rotatable bonds is 4. The van der Waals surface area contributed by atoms with Gasteiger partial charge in [0.2, 0.25) is 0 Å². The molecule has 2 N–H and O–H groups in total. The number of ether oxygens (including phenoxy) is 1. The molecular weight excluding hydrogens is 316 g/mol. The highest BCUT2D eigenvalue weighted by molar-refractivity contribution is 5.92. The first kappa shape index (κ1) is 17.3. The van der Waals surface area contributed by atoms with Crippen LogP contribution in [0.1, 0.15) is 23.3 Å². The summed E-state index contributed by atoms with van der Waals surface area (Å²) in [5.74, 6) is 0.666. The van der Waals surface area contributed by atoms with E-state index in [0.29, 0.717) is 5.69 Å². The minimum absolute atomic E-state index is 0. The summed E-state index contributed by atoms with van der Waals surface area (Å²) in [4.78, 5) is 12.2. The van der Waals surface area contributed by atoms with Crippen LogP contribution in [0.25, 0.3) is 5.69 Å². The van der Waals surface area contributed by atoms with Crippen molar-refractivity contribution in [3.8, 4) is 11.4 Å². The van der Waals surface area contributed by atoms with Gasteiger partial charge >= 0.3 is 0 Å². The van der Waals surface area contributed by atoms with Crippen molar-refractivity contribution in [3.05, 3.63) is 42.2 Å². The molecule has 124 valence electrons. The van der Waals surface area contributed by atoms with Crippen molar-refractivity contribution in [1.82, 2.24) is 20.4 Å². The monoisotopic (exact) mass is 336 g/mol. The average Bonchev–Trinajstić information content (AvgIpc) is 3.06. The number of hydrogen-bond acceptors (Lipinski definition) is 4. The van der Waals surface area contributed by atoms with Crippen LogP contribution in [0.2, 0.25) is 0 Å². The second kappa shape index (κ2) is 7.99. The first-order valence-corrected chi connectivity index (χ1v) is 7.48. The molecule has 1 saturated heterocycles. The lowest BCUT2D eigenvalue weighted by atomic mass is 10.1. The zero-order valence-electron chi connectivity index (χ0n) is 13.0. The Kier molecular flexibility index (Phi) is 6.01. The van der Waals surface area contributed by atoms with Crippen molar-refractivity contribution in [2.45, 2.75) is 18.9 Å². The van der Waals surface area contributed by atoms with E-state index in [-0.39, 0.29) is 24.4 Å². The van der Waals surface area contributed by atoms with Crippen molar-refractivity contribution < 1.29 is 9.53 Å². The summed E-state index contributed by atoms with van der Waals surface area (Å²) >= 11 is 0. The van der Waals surface area contributed by atoms with Crippen LogP contribution in [-0.2, 0) is 0 Å². The molecule has 2 aromatic rings. The number of carbonyl (C=O) groups is 1. The number of hydrogen-bond donors (Lipinski definition) is 2. The standard InChI is InChI=1S/C16H20N4O2.ClH/c1-22-14-6-4-13(5-7-14)20-10-8-15(19-20)16(21)18-12-3-2-9-17-11-12;/h4-8,10,12,17H,2-3,9,11H2,1H3,(H,18,21);1H/t12-;/m0./s1. The molecule has 1 aromatic carbocycles. The highest BCUT2D eigenvalue weighted by Gasteiger charge is 2.17. The first-order valence-electron chi connectivity index (χ1n) is 7.48. The maximum absolute atomic E-state index is 12.2.